The molecule has 0 amide bonds. The largest absolute Gasteiger partial charge is 0.331 e. The fourth-order valence-corrected chi connectivity index (χ4v) is 5.40. The average molecular weight is 382 g/mol. The molecule has 0 radical (unpaired) electrons. The predicted molar refractivity (Wildman–Crippen MR) is 107 cm³/mol. The first-order valence-corrected chi connectivity index (χ1v) is 12.1. The molecular formula is C18H40O4P2. The van der Waals surface area contributed by atoms with Gasteiger partial charge in [-0.3, -0.25) is 0 Å². The van der Waals surface area contributed by atoms with Gasteiger partial charge in [0, 0.05) is 12.3 Å². The summed E-state index contributed by atoms with van der Waals surface area (Å²) in [6.07, 6.45) is 7.77. The van der Waals surface area contributed by atoms with Gasteiger partial charge in [0.15, 0.2) is 16.8 Å². The fraction of sp³-hybridized carbons (Fsp3) is 1.00. The molecule has 0 aliphatic carbocycles. The summed E-state index contributed by atoms with van der Waals surface area (Å²) < 4.78 is 23.6. The van der Waals surface area contributed by atoms with Crippen LogP contribution >= 0.6 is 16.8 Å². The van der Waals surface area contributed by atoms with E-state index < -0.39 is 16.8 Å². The van der Waals surface area contributed by atoms with Crippen LogP contribution in [0.3, 0.4) is 0 Å². The highest BCUT2D eigenvalue weighted by Gasteiger charge is 2.16. The van der Waals surface area contributed by atoms with Crippen molar-refractivity contribution in [2.75, 3.05) is 12.3 Å². The van der Waals surface area contributed by atoms with Crippen molar-refractivity contribution < 1.29 is 18.1 Å². The summed E-state index contributed by atoms with van der Waals surface area (Å²) in [6.45, 7) is 16.6. The molecule has 0 aromatic heterocycles. The van der Waals surface area contributed by atoms with Crippen molar-refractivity contribution in [2.45, 2.75) is 105 Å². The van der Waals surface area contributed by atoms with Crippen LogP contribution in [0.4, 0.5) is 0 Å². The zero-order valence-corrected chi connectivity index (χ0v) is 18.9. The predicted octanol–water partition coefficient (Wildman–Crippen LogP) is 6.87. The summed E-state index contributed by atoms with van der Waals surface area (Å²) in [5, 5.41) is 0. The Morgan fingerprint density at radius 2 is 0.708 bits per heavy atom. The average Bonchev–Trinajstić information content (AvgIpc) is 2.39. The van der Waals surface area contributed by atoms with E-state index in [0.29, 0.717) is 0 Å². The summed E-state index contributed by atoms with van der Waals surface area (Å²) in [6, 6.07) is 0. The van der Waals surface area contributed by atoms with Crippen molar-refractivity contribution >= 4 is 16.8 Å². The first-order chi connectivity index (χ1) is 11.2. The molecule has 4 nitrogen and oxygen atoms in total. The van der Waals surface area contributed by atoms with Gasteiger partial charge in [-0.2, -0.15) is 0 Å². The van der Waals surface area contributed by atoms with Gasteiger partial charge >= 0.3 is 0 Å². The highest BCUT2D eigenvalue weighted by atomic mass is 31.2. The molecule has 0 aliphatic heterocycles. The molecule has 6 heteroatoms. The van der Waals surface area contributed by atoms with Crippen LogP contribution in [-0.4, -0.2) is 36.7 Å². The van der Waals surface area contributed by atoms with Gasteiger partial charge < -0.3 is 18.1 Å². The van der Waals surface area contributed by atoms with E-state index in [0.717, 1.165) is 12.3 Å². The molecule has 0 N–H and O–H groups in total. The molecule has 0 heterocycles. The Labute approximate surface area is 153 Å². The van der Waals surface area contributed by atoms with E-state index in [9.17, 15) is 0 Å². The molecule has 24 heavy (non-hydrogen) atoms. The summed E-state index contributed by atoms with van der Waals surface area (Å²) in [5.41, 5.74) is 0. The van der Waals surface area contributed by atoms with Crippen LogP contribution in [0.25, 0.3) is 0 Å². The number of unbranched alkanes of at least 4 members (excludes halogenated alkanes) is 3. The zero-order valence-electron chi connectivity index (χ0n) is 17.1. The Hall–Kier alpha value is 0.700. The standard InChI is InChI=1S/C18H40O4P2/c1-15(2)19-23(20-16(3)4)13-11-9-10-12-14-24(21-17(5)6)22-18(7)8/h15-18H,9-14H2,1-8H3. The lowest BCUT2D eigenvalue weighted by Gasteiger charge is -2.22. The van der Waals surface area contributed by atoms with E-state index in [1.807, 2.05) is 0 Å². The van der Waals surface area contributed by atoms with Crippen LogP contribution in [0.15, 0.2) is 0 Å². The van der Waals surface area contributed by atoms with Crippen molar-refractivity contribution in [3.63, 3.8) is 0 Å². The van der Waals surface area contributed by atoms with Crippen LogP contribution in [0.2, 0.25) is 0 Å². The molecule has 0 bridgehead atoms. The maximum absolute atomic E-state index is 5.90. The van der Waals surface area contributed by atoms with Gasteiger partial charge in [-0.1, -0.05) is 12.8 Å². The topological polar surface area (TPSA) is 36.9 Å². The molecular weight excluding hydrogens is 342 g/mol. The van der Waals surface area contributed by atoms with Crippen molar-refractivity contribution in [2.24, 2.45) is 0 Å². The fourth-order valence-electron chi connectivity index (χ4n) is 2.04. The Kier molecular flexibility index (Phi) is 15.3. The molecule has 0 unspecified atom stereocenters. The second kappa shape index (κ2) is 14.8. The van der Waals surface area contributed by atoms with E-state index in [1.54, 1.807) is 0 Å². The SMILES string of the molecule is CC(C)OP(CCCCCCP(OC(C)C)OC(C)C)OC(C)C. The summed E-state index contributed by atoms with van der Waals surface area (Å²) in [7, 11) is -1.48. The second-order valence-electron chi connectivity index (χ2n) is 7.14. The van der Waals surface area contributed by atoms with Crippen LogP contribution in [0, 0.1) is 0 Å². The minimum absolute atomic E-state index is 0.236. The number of hydrogen-bond donors (Lipinski definition) is 0. The smallest absolute Gasteiger partial charge is 0.170 e. The van der Waals surface area contributed by atoms with Crippen molar-refractivity contribution in [1.82, 2.24) is 0 Å². The Balaban J connectivity index is 3.91. The molecule has 0 aliphatic rings. The van der Waals surface area contributed by atoms with E-state index in [4.69, 9.17) is 18.1 Å². The lowest BCUT2D eigenvalue weighted by atomic mass is 10.2. The minimum Gasteiger partial charge on any atom is -0.331 e. The van der Waals surface area contributed by atoms with E-state index in [2.05, 4.69) is 55.4 Å². The second-order valence-corrected chi connectivity index (χ2v) is 10.2. The third kappa shape index (κ3) is 16.2. The maximum Gasteiger partial charge on any atom is 0.170 e. The summed E-state index contributed by atoms with van der Waals surface area (Å²) in [4.78, 5) is 0. The van der Waals surface area contributed by atoms with E-state index >= 15 is 0 Å². The van der Waals surface area contributed by atoms with E-state index in [-0.39, 0.29) is 24.4 Å². The van der Waals surface area contributed by atoms with Gasteiger partial charge in [0.25, 0.3) is 0 Å². The van der Waals surface area contributed by atoms with Crippen LogP contribution in [0.5, 0.6) is 0 Å². The molecule has 0 saturated carbocycles. The lowest BCUT2D eigenvalue weighted by molar-refractivity contribution is 0.175. The van der Waals surface area contributed by atoms with Gasteiger partial charge in [0.1, 0.15) is 0 Å². The molecule has 0 spiro atoms. The lowest BCUT2D eigenvalue weighted by Crippen LogP contribution is -2.07. The van der Waals surface area contributed by atoms with Crippen LogP contribution in [-0.2, 0) is 18.1 Å². The molecule has 0 aromatic rings. The van der Waals surface area contributed by atoms with Crippen molar-refractivity contribution in [3.05, 3.63) is 0 Å². The zero-order chi connectivity index (χ0) is 18.5. The molecule has 0 fully saturated rings. The Morgan fingerprint density at radius 1 is 0.458 bits per heavy atom. The maximum atomic E-state index is 5.90. The van der Waals surface area contributed by atoms with Crippen LogP contribution < -0.4 is 0 Å². The van der Waals surface area contributed by atoms with Gasteiger partial charge in [-0.15, -0.1) is 0 Å². The van der Waals surface area contributed by atoms with Crippen LogP contribution in [0.1, 0.15) is 81.1 Å². The molecule has 0 aromatic carbocycles. The Bertz CT molecular complexity index is 238. The molecule has 0 atom stereocenters. The first kappa shape index (κ1) is 24.7. The monoisotopic (exact) mass is 382 g/mol. The quantitative estimate of drug-likeness (QED) is 0.229. The molecule has 0 rings (SSSR count). The number of rotatable bonds is 15. The third-order valence-electron chi connectivity index (χ3n) is 2.74. The van der Waals surface area contributed by atoms with Gasteiger partial charge in [0.05, 0.1) is 24.4 Å². The van der Waals surface area contributed by atoms with Gasteiger partial charge in [0.2, 0.25) is 0 Å². The summed E-state index contributed by atoms with van der Waals surface area (Å²) >= 11 is 0. The molecule has 146 valence electrons. The normalized spacial score (nSPS) is 12.8. The highest BCUT2D eigenvalue weighted by molar-refractivity contribution is 7.47. The number of hydrogen-bond acceptors (Lipinski definition) is 4. The van der Waals surface area contributed by atoms with Gasteiger partial charge in [-0.25, -0.2) is 0 Å². The highest BCUT2D eigenvalue weighted by Crippen LogP contribution is 2.43. The van der Waals surface area contributed by atoms with Crippen molar-refractivity contribution in [1.29, 1.82) is 0 Å². The minimum atomic E-state index is -0.742. The molecule has 0 saturated heterocycles. The third-order valence-corrected chi connectivity index (χ3v) is 6.73. The van der Waals surface area contributed by atoms with Crippen molar-refractivity contribution in [3.8, 4) is 0 Å². The van der Waals surface area contributed by atoms with E-state index in [1.165, 1.54) is 25.7 Å². The first-order valence-electron chi connectivity index (χ1n) is 9.42. The summed E-state index contributed by atoms with van der Waals surface area (Å²) in [5.74, 6) is 0. The Morgan fingerprint density at radius 3 is 0.917 bits per heavy atom. The van der Waals surface area contributed by atoms with Gasteiger partial charge in [-0.05, 0) is 68.2 Å².